The Morgan fingerprint density at radius 1 is 1.60 bits per heavy atom. The standard InChI is InChI=1S/C13H15N3O3S/c14-6-8-7-16(4-5-19-8)13-15-11-9(12(17)18)2-1-3-10(11)20-13/h8-9H,1-5,7H2,(H,17,18). The summed E-state index contributed by atoms with van der Waals surface area (Å²) >= 11 is 1.56. The number of hydrogen-bond acceptors (Lipinski definition) is 6. The number of nitriles is 1. The molecule has 2 atom stereocenters. The number of carbonyl (C=O) groups is 1. The summed E-state index contributed by atoms with van der Waals surface area (Å²) in [6.07, 6.45) is 2.04. The van der Waals surface area contributed by atoms with Crippen molar-refractivity contribution in [1.29, 1.82) is 5.26 Å². The van der Waals surface area contributed by atoms with Gasteiger partial charge in [0.1, 0.15) is 5.92 Å². The first-order valence-corrected chi connectivity index (χ1v) is 7.49. The third kappa shape index (κ3) is 2.37. The van der Waals surface area contributed by atoms with Gasteiger partial charge in [-0.15, -0.1) is 11.3 Å². The van der Waals surface area contributed by atoms with E-state index in [1.165, 1.54) is 0 Å². The van der Waals surface area contributed by atoms with Crippen molar-refractivity contribution in [3.05, 3.63) is 10.6 Å². The minimum absolute atomic E-state index is 0.431. The fourth-order valence-corrected chi connectivity index (χ4v) is 3.88. The minimum atomic E-state index is -0.792. The predicted molar refractivity (Wildman–Crippen MR) is 73.0 cm³/mol. The number of aryl methyl sites for hydroxylation is 1. The smallest absolute Gasteiger partial charge is 0.312 e. The van der Waals surface area contributed by atoms with Crippen LogP contribution in [-0.4, -0.2) is 41.9 Å². The number of carboxylic acid groups (broad SMARTS) is 1. The van der Waals surface area contributed by atoms with E-state index in [1.807, 2.05) is 4.90 Å². The zero-order valence-corrected chi connectivity index (χ0v) is 11.7. The van der Waals surface area contributed by atoms with Gasteiger partial charge in [-0.25, -0.2) is 4.98 Å². The lowest BCUT2D eigenvalue weighted by Gasteiger charge is -2.29. The summed E-state index contributed by atoms with van der Waals surface area (Å²) < 4.78 is 5.32. The van der Waals surface area contributed by atoms with Crippen molar-refractivity contribution in [2.45, 2.75) is 31.3 Å². The largest absolute Gasteiger partial charge is 0.481 e. The molecule has 1 aliphatic carbocycles. The number of carboxylic acids is 1. The van der Waals surface area contributed by atoms with Crippen LogP contribution in [0.3, 0.4) is 0 Å². The quantitative estimate of drug-likeness (QED) is 0.886. The highest BCUT2D eigenvalue weighted by atomic mass is 32.1. The van der Waals surface area contributed by atoms with Crippen LogP contribution in [0.4, 0.5) is 5.13 Å². The van der Waals surface area contributed by atoms with Crippen LogP contribution >= 0.6 is 11.3 Å². The number of fused-ring (bicyclic) bond motifs is 1. The molecule has 0 spiro atoms. The zero-order valence-electron chi connectivity index (χ0n) is 10.9. The van der Waals surface area contributed by atoms with Gasteiger partial charge in [0.05, 0.1) is 24.9 Å². The normalized spacial score (nSPS) is 25.9. The van der Waals surface area contributed by atoms with Crippen molar-refractivity contribution < 1.29 is 14.6 Å². The molecule has 0 saturated carbocycles. The van der Waals surface area contributed by atoms with E-state index in [-0.39, 0.29) is 0 Å². The van der Waals surface area contributed by atoms with Gasteiger partial charge in [0.15, 0.2) is 11.2 Å². The molecule has 20 heavy (non-hydrogen) atoms. The average Bonchev–Trinajstić information content (AvgIpc) is 2.91. The molecular formula is C13H15N3O3S. The van der Waals surface area contributed by atoms with Gasteiger partial charge >= 0.3 is 5.97 Å². The molecule has 0 bridgehead atoms. The van der Waals surface area contributed by atoms with Gasteiger partial charge in [-0.2, -0.15) is 5.26 Å². The molecule has 1 saturated heterocycles. The molecule has 1 aliphatic heterocycles. The third-order valence-corrected chi connectivity index (χ3v) is 4.91. The number of nitrogens with zero attached hydrogens (tertiary/aromatic N) is 3. The Morgan fingerprint density at radius 2 is 2.45 bits per heavy atom. The molecule has 0 aromatic carbocycles. The van der Waals surface area contributed by atoms with Gasteiger partial charge in [0.25, 0.3) is 0 Å². The fraction of sp³-hybridized carbons (Fsp3) is 0.615. The van der Waals surface area contributed by atoms with Crippen LogP contribution in [0.5, 0.6) is 0 Å². The molecule has 106 valence electrons. The maximum Gasteiger partial charge on any atom is 0.312 e. The fourth-order valence-electron chi connectivity index (χ4n) is 2.68. The molecule has 2 heterocycles. The highest BCUT2D eigenvalue weighted by molar-refractivity contribution is 7.15. The van der Waals surface area contributed by atoms with Gasteiger partial charge in [0, 0.05) is 11.4 Å². The van der Waals surface area contributed by atoms with E-state index < -0.39 is 18.0 Å². The third-order valence-electron chi connectivity index (χ3n) is 3.72. The molecular weight excluding hydrogens is 278 g/mol. The molecule has 1 fully saturated rings. The van der Waals surface area contributed by atoms with Crippen LogP contribution in [-0.2, 0) is 16.0 Å². The van der Waals surface area contributed by atoms with Crippen LogP contribution < -0.4 is 4.90 Å². The number of ether oxygens (including phenoxy) is 1. The number of thiazole rings is 1. The van der Waals surface area contributed by atoms with E-state index in [1.54, 1.807) is 11.3 Å². The van der Waals surface area contributed by atoms with Gasteiger partial charge in [-0.05, 0) is 19.3 Å². The number of hydrogen-bond donors (Lipinski definition) is 1. The molecule has 7 heteroatoms. The molecule has 1 aromatic rings. The van der Waals surface area contributed by atoms with Crippen LogP contribution in [0.25, 0.3) is 0 Å². The molecule has 2 aliphatic rings. The number of morpholine rings is 1. The summed E-state index contributed by atoms with van der Waals surface area (Å²) in [6.45, 7) is 1.70. The van der Waals surface area contributed by atoms with Crippen molar-refractivity contribution in [2.24, 2.45) is 0 Å². The van der Waals surface area contributed by atoms with Crippen LogP contribution in [0.1, 0.15) is 29.3 Å². The Labute approximate surface area is 120 Å². The van der Waals surface area contributed by atoms with E-state index in [4.69, 9.17) is 10.00 Å². The van der Waals surface area contributed by atoms with Crippen LogP contribution in [0.15, 0.2) is 0 Å². The van der Waals surface area contributed by atoms with Gasteiger partial charge in [0.2, 0.25) is 0 Å². The maximum atomic E-state index is 11.3. The van der Waals surface area contributed by atoms with Crippen molar-refractivity contribution in [2.75, 3.05) is 24.6 Å². The van der Waals surface area contributed by atoms with E-state index in [0.29, 0.717) is 26.1 Å². The summed E-state index contributed by atoms with van der Waals surface area (Å²) in [5.74, 6) is -1.27. The Balaban J connectivity index is 1.85. The lowest BCUT2D eigenvalue weighted by molar-refractivity contribution is -0.139. The highest BCUT2D eigenvalue weighted by Crippen LogP contribution is 2.38. The monoisotopic (exact) mass is 293 g/mol. The van der Waals surface area contributed by atoms with Crippen LogP contribution in [0, 0.1) is 11.3 Å². The molecule has 6 nitrogen and oxygen atoms in total. The second kappa shape index (κ2) is 5.38. The summed E-state index contributed by atoms with van der Waals surface area (Å²) in [7, 11) is 0. The van der Waals surface area contributed by atoms with Crippen molar-refractivity contribution in [3.8, 4) is 6.07 Å². The average molecular weight is 293 g/mol. The van der Waals surface area contributed by atoms with E-state index in [2.05, 4.69) is 11.1 Å². The summed E-state index contributed by atoms with van der Waals surface area (Å²) in [5.41, 5.74) is 0.726. The van der Waals surface area contributed by atoms with Crippen LogP contribution in [0.2, 0.25) is 0 Å². The molecule has 0 amide bonds. The molecule has 2 unspecified atom stereocenters. The zero-order chi connectivity index (χ0) is 14.1. The second-order valence-corrected chi connectivity index (χ2v) is 6.08. The number of aliphatic carboxylic acids is 1. The topological polar surface area (TPSA) is 86.5 Å². The first kappa shape index (κ1) is 13.3. The summed E-state index contributed by atoms with van der Waals surface area (Å²) in [5, 5.41) is 19.0. The molecule has 0 radical (unpaired) electrons. The Bertz CT molecular complexity index is 566. The SMILES string of the molecule is N#CC1CN(c2nc3c(s2)CCCC3C(=O)O)CCO1. The van der Waals surface area contributed by atoms with Gasteiger partial charge in [-0.3, -0.25) is 4.79 Å². The first-order valence-electron chi connectivity index (χ1n) is 6.67. The number of rotatable bonds is 2. The Kier molecular flexibility index (Phi) is 3.59. The van der Waals surface area contributed by atoms with E-state index >= 15 is 0 Å². The van der Waals surface area contributed by atoms with E-state index in [9.17, 15) is 9.90 Å². The Hall–Kier alpha value is -1.65. The lowest BCUT2D eigenvalue weighted by Crippen LogP contribution is -2.41. The molecule has 1 aromatic heterocycles. The molecule has 3 rings (SSSR count). The maximum absolute atomic E-state index is 11.3. The van der Waals surface area contributed by atoms with E-state index in [0.717, 1.165) is 28.5 Å². The van der Waals surface area contributed by atoms with Gasteiger partial charge < -0.3 is 14.7 Å². The Morgan fingerprint density at radius 3 is 3.20 bits per heavy atom. The first-order chi connectivity index (χ1) is 9.69. The minimum Gasteiger partial charge on any atom is -0.481 e. The van der Waals surface area contributed by atoms with Gasteiger partial charge in [-0.1, -0.05) is 0 Å². The highest BCUT2D eigenvalue weighted by Gasteiger charge is 2.32. The van der Waals surface area contributed by atoms with Crippen molar-refractivity contribution in [3.63, 3.8) is 0 Å². The van der Waals surface area contributed by atoms with Crippen molar-refractivity contribution >= 4 is 22.4 Å². The second-order valence-electron chi connectivity index (χ2n) is 5.02. The number of aromatic nitrogens is 1. The number of anilines is 1. The summed E-state index contributed by atoms with van der Waals surface area (Å²) in [6, 6.07) is 2.11. The van der Waals surface area contributed by atoms with Crippen molar-refractivity contribution in [1.82, 2.24) is 4.98 Å². The lowest BCUT2D eigenvalue weighted by atomic mass is 9.91. The molecule has 1 N–H and O–H groups in total. The predicted octanol–water partition coefficient (Wildman–Crippen LogP) is 1.38. The summed E-state index contributed by atoms with van der Waals surface area (Å²) in [4.78, 5) is 18.9.